The Kier molecular flexibility index (Phi) is 4.40. The molecule has 0 radical (unpaired) electrons. The molecule has 0 aliphatic rings. The minimum Gasteiger partial charge on any atom is -0.306 e. The lowest BCUT2D eigenvalue weighted by atomic mass is 10.0. The summed E-state index contributed by atoms with van der Waals surface area (Å²) in [4.78, 5) is 17.3. The molecule has 2 aromatic carbocycles. The molecule has 0 fully saturated rings. The van der Waals surface area contributed by atoms with E-state index in [2.05, 4.69) is 19.9 Å². The molecule has 30 heavy (non-hydrogen) atoms. The van der Waals surface area contributed by atoms with Gasteiger partial charge in [0, 0.05) is 33.8 Å². The summed E-state index contributed by atoms with van der Waals surface area (Å²) < 4.78 is 31.7. The Hall–Kier alpha value is -3.45. The third kappa shape index (κ3) is 2.98. The number of imidazole rings is 1. The molecule has 3 aromatic heterocycles. The van der Waals surface area contributed by atoms with Crippen molar-refractivity contribution in [3.63, 3.8) is 0 Å². The van der Waals surface area contributed by atoms with Gasteiger partial charge < -0.3 is 4.57 Å². The molecule has 1 unspecified atom stereocenters. The van der Waals surface area contributed by atoms with Crippen LogP contribution in [-0.2, 0) is 0 Å². The van der Waals surface area contributed by atoms with Gasteiger partial charge >= 0.3 is 0 Å². The fourth-order valence-corrected chi connectivity index (χ4v) is 3.76. The van der Waals surface area contributed by atoms with Crippen LogP contribution in [0.2, 0.25) is 5.02 Å². The van der Waals surface area contributed by atoms with Gasteiger partial charge in [-0.05, 0) is 31.2 Å². The molecule has 5 aromatic rings. The molecule has 0 saturated carbocycles. The highest BCUT2D eigenvalue weighted by molar-refractivity contribution is 6.30. The number of pyridine rings is 1. The summed E-state index contributed by atoms with van der Waals surface area (Å²) in [5.41, 5.74) is 2.36. The molecule has 5 nitrogen and oxygen atoms in total. The number of nitrogens with zero attached hydrogens (tertiary/aromatic N) is 5. The molecule has 5 rings (SSSR count). The fraction of sp³-hybridized carbons (Fsp3) is 0.0909. The van der Waals surface area contributed by atoms with Gasteiger partial charge in [0.15, 0.2) is 11.3 Å². The van der Waals surface area contributed by atoms with Crippen molar-refractivity contribution in [2.24, 2.45) is 0 Å². The highest BCUT2D eigenvalue weighted by atomic mass is 35.5. The zero-order valence-corrected chi connectivity index (χ0v) is 16.5. The van der Waals surface area contributed by atoms with E-state index in [0.29, 0.717) is 22.0 Å². The van der Waals surface area contributed by atoms with E-state index < -0.39 is 17.7 Å². The van der Waals surface area contributed by atoms with Gasteiger partial charge in [0.2, 0.25) is 0 Å². The van der Waals surface area contributed by atoms with Gasteiger partial charge in [-0.1, -0.05) is 23.7 Å². The van der Waals surface area contributed by atoms with Crippen LogP contribution in [0.5, 0.6) is 0 Å². The van der Waals surface area contributed by atoms with Crippen LogP contribution >= 0.6 is 11.6 Å². The zero-order valence-electron chi connectivity index (χ0n) is 15.7. The Morgan fingerprint density at radius 1 is 1.03 bits per heavy atom. The van der Waals surface area contributed by atoms with Crippen molar-refractivity contribution in [3.8, 4) is 11.3 Å². The summed E-state index contributed by atoms with van der Waals surface area (Å²) in [6.07, 6.45) is 4.59. The Morgan fingerprint density at radius 3 is 2.73 bits per heavy atom. The topological polar surface area (TPSA) is 56.5 Å². The van der Waals surface area contributed by atoms with E-state index in [1.165, 1.54) is 18.6 Å². The largest absolute Gasteiger partial charge is 0.306 e. The number of rotatable bonds is 3. The third-order valence-electron chi connectivity index (χ3n) is 5.07. The first-order valence-corrected chi connectivity index (χ1v) is 9.59. The van der Waals surface area contributed by atoms with Crippen molar-refractivity contribution in [2.45, 2.75) is 13.0 Å². The van der Waals surface area contributed by atoms with E-state index >= 15 is 4.39 Å². The average Bonchev–Trinajstić information content (AvgIpc) is 3.17. The van der Waals surface area contributed by atoms with Crippen LogP contribution in [0.25, 0.3) is 33.5 Å². The van der Waals surface area contributed by atoms with E-state index in [9.17, 15) is 4.39 Å². The van der Waals surface area contributed by atoms with Crippen molar-refractivity contribution >= 4 is 33.8 Å². The van der Waals surface area contributed by atoms with Crippen LogP contribution in [0.15, 0.2) is 61.2 Å². The summed E-state index contributed by atoms with van der Waals surface area (Å²) in [5, 5.41) is 0.834. The lowest BCUT2D eigenvalue weighted by molar-refractivity contribution is 0.517. The summed E-state index contributed by atoms with van der Waals surface area (Å²) >= 11 is 6.08. The summed E-state index contributed by atoms with van der Waals surface area (Å²) in [5.74, 6) is -1.32. The molecular formula is C22H14ClF2N5. The first-order valence-electron chi connectivity index (χ1n) is 9.21. The van der Waals surface area contributed by atoms with Crippen LogP contribution in [0.4, 0.5) is 8.78 Å². The number of aromatic nitrogens is 5. The Bertz CT molecular complexity index is 1420. The highest BCUT2D eigenvalue weighted by Crippen LogP contribution is 2.31. The van der Waals surface area contributed by atoms with E-state index in [1.807, 2.05) is 12.1 Å². The van der Waals surface area contributed by atoms with Crippen molar-refractivity contribution in [2.75, 3.05) is 0 Å². The normalized spacial score (nSPS) is 12.5. The maximum Gasteiger partial charge on any atom is 0.197 e. The maximum atomic E-state index is 15.2. The quantitative estimate of drug-likeness (QED) is 0.381. The standard InChI is InChI=1S/C22H14ClF2N5/c1-12(19-16(24)9-17-15(20(19)25)6-3-7-26-17)30-11-28-21-22(30)29-18(10-27-21)13-4-2-5-14(23)8-13/h2-12H,1H3. The monoisotopic (exact) mass is 421 g/mol. The van der Waals surface area contributed by atoms with Crippen molar-refractivity contribution < 1.29 is 8.78 Å². The number of benzene rings is 2. The lowest BCUT2D eigenvalue weighted by Crippen LogP contribution is -2.11. The predicted molar refractivity (Wildman–Crippen MR) is 111 cm³/mol. The minimum atomic E-state index is -0.705. The minimum absolute atomic E-state index is 0.0789. The van der Waals surface area contributed by atoms with Crippen molar-refractivity contribution in [1.82, 2.24) is 24.5 Å². The number of halogens is 3. The van der Waals surface area contributed by atoms with Crippen molar-refractivity contribution in [3.05, 3.63) is 83.4 Å². The molecular weight excluding hydrogens is 408 g/mol. The van der Waals surface area contributed by atoms with E-state index in [1.54, 1.807) is 42.0 Å². The van der Waals surface area contributed by atoms with Crippen LogP contribution in [0.1, 0.15) is 18.5 Å². The average molecular weight is 422 g/mol. The van der Waals surface area contributed by atoms with Gasteiger partial charge in [0.05, 0.1) is 29.8 Å². The van der Waals surface area contributed by atoms with Crippen LogP contribution in [0, 0.1) is 11.6 Å². The molecule has 0 amide bonds. The Morgan fingerprint density at radius 2 is 1.90 bits per heavy atom. The molecule has 3 heterocycles. The van der Waals surface area contributed by atoms with E-state index in [-0.39, 0.29) is 16.5 Å². The SMILES string of the molecule is CC(c1c(F)cc2ncccc2c1F)n1cnc2ncc(-c3cccc(Cl)c3)nc21. The van der Waals surface area contributed by atoms with Crippen LogP contribution in [0.3, 0.4) is 0 Å². The molecule has 8 heteroatoms. The molecule has 0 N–H and O–H groups in total. The fourth-order valence-electron chi connectivity index (χ4n) is 3.57. The van der Waals surface area contributed by atoms with Gasteiger partial charge in [-0.2, -0.15) is 0 Å². The molecule has 0 spiro atoms. The molecule has 1 atom stereocenters. The first kappa shape index (κ1) is 18.6. The number of fused-ring (bicyclic) bond motifs is 2. The van der Waals surface area contributed by atoms with Gasteiger partial charge in [0.25, 0.3) is 0 Å². The van der Waals surface area contributed by atoms with Crippen molar-refractivity contribution in [1.29, 1.82) is 0 Å². The second-order valence-corrected chi connectivity index (χ2v) is 7.33. The van der Waals surface area contributed by atoms with Crippen LogP contribution < -0.4 is 0 Å². The van der Waals surface area contributed by atoms with Crippen LogP contribution in [-0.4, -0.2) is 24.5 Å². The highest BCUT2D eigenvalue weighted by Gasteiger charge is 2.23. The third-order valence-corrected chi connectivity index (χ3v) is 5.31. The molecule has 0 aliphatic heterocycles. The molecule has 0 saturated heterocycles. The second kappa shape index (κ2) is 7.11. The Balaban J connectivity index is 1.66. The van der Waals surface area contributed by atoms with E-state index in [0.717, 1.165) is 5.56 Å². The smallest absolute Gasteiger partial charge is 0.197 e. The second-order valence-electron chi connectivity index (χ2n) is 6.90. The number of hydrogen-bond acceptors (Lipinski definition) is 4. The lowest BCUT2D eigenvalue weighted by Gasteiger charge is -2.17. The van der Waals surface area contributed by atoms with Gasteiger partial charge in [-0.3, -0.25) is 4.98 Å². The van der Waals surface area contributed by atoms with Gasteiger partial charge in [-0.15, -0.1) is 0 Å². The van der Waals surface area contributed by atoms with E-state index in [4.69, 9.17) is 11.6 Å². The van der Waals surface area contributed by atoms with Gasteiger partial charge in [0.1, 0.15) is 11.6 Å². The molecule has 0 aliphatic carbocycles. The molecule has 0 bridgehead atoms. The summed E-state index contributed by atoms with van der Waals surface area (Å²) in [6, 6.07) is 11.0. The molecule has 148 valence electrons. The summed E-state index contributed by atoms with van der Waals surface area (Å²) in [6.45, 7) is 1.69. The summed E-state index contributed by atoms with van der Waals surface area (Å²) in [7, 11) is 0. The zero-order chi connectivity index (χ0) is 20.8. The maximum absolute atomic E-state index is 15.2. The first-order chi connectivity index (χ1) is 14.5. The number of hydrogen-bond donors (Lipinski definition) is 0. The Labute approximate surface area is 175 Å². The van der Waals surface area contributed by atoms with Gasteiger partial charge in [-0.25, -0.2) is 23.7 Å². The predicted octanol–water partition coefficient (Wildman–Crippen LogP) is 5.58.